The van der Waals surface area contributed by atoms with Gasteiger partial charge in [0.05, 0.1) is 0 Å². The Morgan fingerprint density at radius 3 is 3.00 bits per heavy atom. The molecule has 0 fully saturated rings. The van der Waals surface area contributed by atoms with Crippen LogP contribution in [0.15, 0.2) is 24.3 Å². The minimum absolute atomic E-state index is 0.359. The average Bonchev–Trinajstić information content (AvgIpc) is 2.18. The molecule has 0 bridgehead atoms. The lowest BCUT2D eigenvalue weighted by atomic mass is 9.89. The van der Waals surface area contributed by atoms with Crippen LogP contribution in [-0.2, 0) is 6.42 Å². The van der Waals surface area contributed by atoms with Gasteiger partial charge < -0.3 is 10.8 Å². The van der Waals surface area contributed by atoms with Crippen LogP contribution >= 0.6 is 0 Å². The minimum Gasteiger partial charge on any atom is -0.508 e. The van der Waals surface area contributed by atoms with Crippen LogP contribution in [0.2, 0.25) is 0 Å². The summed E-state index contributed by atoms with van der Waals surface area (Å²) in [6, 6.07) is 5.60. The van der Waals surface area contributed by atoms with Crippen LogP contribution in [0, 0.1) is 0 Å². The van der Waals surface area contributed by atoms with E-state index in [9.17, 15) is 5.11 Å². The predicted molar refractivity (Wildman–Crippen MR) is 58.1 cm³/mol. The van der Waals surface area contributed by atoms with Crippen LogP contribution in [-0.4, -0.2) is 11.7 Å². The standard InChI is InChI=1S/C12H15NO/c13-7-6-9-2-1-3-10-8-11(14)4-5-12(9)10/h2,4-5,8,14H,1,3,6-7,13H2. The van der Waals surface area contributed by atoms with Gasteiger partial charge in [0, 0.05) is 0 Å². The van der Waals surface area contributed by atoms with Gasteiger partial charge in [-0.2, -0.15) is 0 Å². The molecule has 0 amide bonds. The number of hydrogen-bond acceptors (Lipinski definition) is 2. The molecule has 0 unspecified atom stereocenters. The molecule has 0 heterocycles. The lowest BCUT2D eigenvalue weighted by molar-refractivity contribution is 0.474. The summed E-state index contributed by atoms with van der Waals surface area (Å²) in [5, 5.41) is 9.36. The van der Waals surface area contributed by atoms with Gasteiger partial charge in [0.15, 0.2) is 0 Å². The maximum Gasteiger partial charge on any atom is 0.115 e. The molecule has 0 aliphatic heterocycles. The first-order valence-corrected chi connectivity index (χ1v) is 5.02. The van der Waals surface area contributed by atoms with Gasteiger partial charge in [-0.05, 0) is 54.6 Å². The van der Waals surface area contributed by atoms with Gasteiger partial charge in [-0.25, -0.2) is 0 Å². The summed E-state index contributed by atoms with van der Waals surface area (Å²) in [6.07, 6.45) is 5.27. The number of aromatic hydroxyl groups is 1. The van der Waals surface area contributed by atoms with Crippen LogP contribution in [0.3, 0.4) is 0 Å². The van der Waals surface area contributed by atoms with Crippen LogP contribution in [0.25, 0.3) is 5.57 Å². The molecule has 2 nitrogen and oxygen atoms in total. The van der Waals surface area contributed by atoms with E-state index in [0.29, 0.717) is 12.3 Å². The summed E-state index contributed by atoms with van der Waals surface area (Å²) >= 11 is 0. The molecule has 14 heavy (non-hydrogen) atoms. The molecule has 0 atom stereocenters. The normalized spacial score (nSPS) is 14.8. The molecule has 1 aromatic carbocycles. The second-order valence-electron chi connectivity index (χ2n) is 3.65. The molecule has 2 heteroatoms. The van der Waals surface area contributed by atoms with E-state index in [4.69, 9.17) is 5.73 Å². The number of nitrogens with two attached hydrogens (primary N) is 1. The fraction of sp³-hybridized carbons (Fsp3) is 0.333. The van der Waals surface area contributed by atoms with Crippen LogP contribution in [0.4, 0.5) is 0 Å². The Kier molecular flexibility index (Phi) is 2.55. The summed E-state index contributed by atoms with van der Waals surface area (Å²) < 4.78 is 0. The van der Waals surface area contributed by atoms with E-state index >= 15 is 0 Å². The second kappa shape index (κ2) is 3.84. The molecule has 0 saturated carbocycles. The molecule has 2 rings (SSSR count). The zero-order valence-corrected chi connectivity index (χ0v) is 8.16. The SMILES string of the molecule is NCCC1=CCCc2cc(O)ccc21. The van der Waals surface area contributed by atoms with E-state index in [1.807, 2.05) is 12.1 Å². The fourth-order valence-electron chi connectivity index (χ4n) is 2.00. The van der Waals surface area contributed by atoms with Crippen molar-refractivity contribution in [3.8, 4) is 5.75 Å². The minimum atomic E-state index is 0.359. The number of phenolic OH excluding ortho intramolecular Hbond substituents is 1. The van der Waals surface area contributed by atoms with E-state index < -0.39 is 0 Å². The highest BCUT2D eigenvalue weighted by Gasteiger charge is 2.11. The lowest BCUT2D eigenvalue weighted by Gasteiger charge is -2.17. The molecular weight excluding hydrogens is 174 g/mol. The number of fused-ring (bicyclic) bond motifs is 1. The first-order chi connectivity index (χ1) is 6.81. The van der Waals surface area contributed by atoms with Crippen molar-refractivity contribution < 1.29 is 5.11 Å². The Morgan fingerprint density at radius 1 is 1.36 bits per heavy atom. The van der Waals surface area contributed by atoms with Crippen molar-refractivity contribution in [1.29, 1.82) is 0 Å². The molecule has 0 saturated heterocycles. The highest BCUT2D eigenvalue weighted by atomic mass is 16.3. The molecule has 0 spiro atoms. The monoisotopic (exact) mass is 189 g/mol. The number of phenols is 1. The molecule has 0 aromatic heterocycles. The summed E-state index contributed by atoms with van der Waals surface area (Å²) in [7, 11) is 0. The van der Waals surface area contributed by atoms with Crippen molar-refractivity contribution in [2.75, 3.05) is 6.54 Å². The maximum absolute atomic E-state index is 9.36. The van der Waals surface area contributed by atoms with Gasteiger partial charge in [0.2, 0.25) is 0 Å². The number of rotatable bonds is 2. The largest absolute Gasteiger partial charge is 0.508 e. The van der Waals surface area contributed by atoms with Crippen molar-refractivity contribution in [3.63, 3.8) is 0 Å². The highest BCUT2D eigenvalue weighted by molar-refractivity contribution is 5.70. The van der Waals surface area contributed by atoms with Crippen molar-refractivity contribution in [2.45, 2.75) is 19.3 Å². The highest BCUT2D eigenvalue weighted by Crippen LogP contribution is 2.30. The summed E-state index contributed by atoms with van der Waals surface area (Å²) in [5.74, 6) is 0.359. The van der Waals surface area contributed by atoms with Crippen LogP contribution in [0.5, 0.6) is 5.75 Å². The van der Waals surface area contributed by atoms with Gasteiger partial charge >= 0.3 is 0 Å². The zero-order chi connectivity index (χ0) is 9.97. The zero-order valence-electron chi connectivity index (χ0n) is 8.16. The number of allylic oxidation sites excluding steroid dienone is 1. The number of aryl methyl sites for hydroxylation is 1. The summed E-state index contributed by atoms with van der Waals surface area (Å²) in [6.45, 7) is 0.687. The van der Waals surface area contributed by atoms with E-state index in [0.717, 1.165) is 19.3 Å². The Morgan fingerprint density at radius 2 is 2.21 bits per heavy atom. The van der Waals surface area contributed by atoms with E-state index in [-0.39, 0.29) is 0 Å². The van der Waals surface area contributed by atoms with Crippen LogP contribution in [0.1, 0.15) is 24.0 Å². The smallest absolute Gasteiger partial charge is 0.115 e. The van der Waals surface area contributed by atoms with Gasteiger partial charge in [-0.15, -0.1) is 0 Å². The molecular formula is C12H15NO. The molecule has 3 N–H and O–H groups in total. The van der Waals surface area contributed by atoms with E-state index in [1.54, 1.807) is 6.07 Å². The van der Waals surface area contributed by atoms with Crippen molar-refractivity contribution in [3.05, 3.63) is 35.4 Å². The number of benzene rings is 1. The third-order valence-corrected chi connectivity index (χ3v) is 2.65. The predicted octanol–water partition coefficient (Wildman–Crippen LogP) is 2.07. The molecule has 0 radical (unpaired) electrons. The molecule has 1 aliphatic carbocycles. The second-order valence-corrected chi connectivity index (χ2v) is 3.65. The van der Waals surface area contributed by atoms with Gasteiger partial charge in [0.25, 0.3) is 0 Å². The first-order valence-electron chi connectivity index (χ1n) is 5.02. The fourth-order valence-corrected chi connectivity index (χ4v) is 2.00. The molecule has 1 aromatic rings. The van der Waals surface area contributed by atoms with Crippen molar-refractivity contribution in [1.82, 2.24) is 0 Å². The van der Waals surface area contributed by atoms with Gasteiger partial charge in [-0.3, -0.25) is 0 Å². The van der Waals surface area contributed by atoms with Crippen molar-refractivity contribution in [2.24, 2.45) is 5.73 Å². The topological polar surface area (TPSA) is 46.2 Å². The van der Waals surface area contributed by atoms with E-state index in [2.05, 4.69) is 6.08 Å². The average molecular weight is 189 g/mol. The Labute approximate surface area is 84.1 Å². The van der Waals surface area contributed by atoms with Crippen molar-refractivity contribution >= 4 is 5.57 Å². The molecule has 74 valence electrons. The van der Waals surface area contributed by atoms with Gasteiger partial charge in [-0.1, -0.05) is 12.1 Å². The summed E-state index contributed by atoms with van der Waals surface area (Å²) in [4.78, 5) is 0. The first kappa shape index (κ1) is 9.28. The lowest BCUT2D eigenvalue weighted by Crippen LogP contribution is -2.05. The van der Waals surface area contributed by atoms with E-state index in [1.165, 1.54) is 16.7 Å². The number of hydrogen-bond donors (Lipinski definition) is 2. The Balaban J connectivity index is 2.38. The molecule has 1 aliphatic rings. The van der Waals surface area contributed by atoms with Crippen LogP contribution < -0.4 is 5.73 Å². The summed E-state index contributed by atoms with van der Waals surface area (Å²) in [5.41, 5.74) is 9.39. The van der Waals surface area contributed by atoms with Gasteiger partial charge in [0.1, 0.15) is 5.75 Å². The Bertz CT molecular complexity index is 369. The quantitative estimate of drug-likeness (QED) is 0.748. The third-order valence-electron chi connectivity index (χ3n) is 2.65. The maximum atomic E-state index is 9.36. The Hall–Kier alpha value is -1.28. The third kappa shape index (κ3) is 1.66.